The number of nitrogens with zero attached hydrogens (tertiary/aromatic N) is 2. The maximum Gasteiger partial charge on any atom is 0.0775 e. The molecule has 0 N–H and O–H groups in total. The summed E-state index contributed by atoms with van der Waals surface area (Å²) in [5, 5.41) is 15.3. The molecule has 0 amide bonds. The molecule has 0 aromatic heterocycles. The van der Waals surface area contributed by atoms with Crippen LogP contribution in [0.5, 0.6) is 0 Å². The Balaban J connectivity index is 1.25. The van der Waals surface area contributed by atoms with Gasteiger partial charge in [0.1, 0.15) is 0 Å². The summed E-state index contributed by atoms with van der Waals surface area (Å²) in [6.07, 6.45) is 0. The first-order valence-corrected chi connectivity index (χ1v) is 33.3. The summed E-state index contributed by atoms with van der Waals surface area (Å²) >= 11 is 0. The van der Waals surface area contributed by atoms with Crippen molar-refractivity contribution >= 4 is 115 Å². The molecule has 0 saturated carbocycles. The van der Waals surface area contributed by atoms with E-state index >= 15 is 0 Å². The molecule has 0 atom stereocenters. The van der Waals surface area contributed by atoms with Crippen LogP contribution in [-0.4, -0.2) is 16.1 Å². The standard InChI is InChI=1S/C70H64N2Si2/c1-45-35-46(2)38-57(37-45)71(55-23-27-59(28-24-55)73(5,6)7)67-43-65(53-21-19-49-15-11-13-17-51(49)41-53)61-32-34-64-68(72(58-39-47(3)36-48(4)40-58)56-25-29-60(30-26-56)74(8,9)10)44-66(62-31-33-63(67)69(61)70(62)64)54-22-20-50-16-12-14-18-52(50)42-54/h11-44H,1-10H3. The van der Waals surface area contributed by atoms with Gasteiger partial charge < -0.3 is 9.80 Å². The van der Waals surface area contributed by atoms with Crippen LogP contribution in [-0.2, 0) is 0 Å². The Morgan fingerprint density at radius 3 is 0.973 bits per heavy atom. The van der Waals surface area contributed by atoms with Crippen molar-refractivity contribution < 1.29 is 0 Å². The van der Waals surface area contributed by atoms with Gasteiger partial charge in [-0.25, -0.2) is 0 Å². The number of hydrogen-bond acceptors (Lipinski definition) is 2. The van der Waals surface area contributed by atoms with Gasteiger partial charge in [-0.3, -0.25) is 0 Å². The summed E-state index contributed by atoms with van der Waals surface area (Å²) in [5.41, 5.74) is 16.7. The molecule has 2 nitrogen and oxygen atoms in total. The first-order valence-electron chi connectivity index (χ1n) is 26.3. The van der Waals surface area contributed by atoms with Crippen molar-refractivity contribution in [2.45, 2.75) is 67.0 Å². The zero-order valence-electron chi connectivity index (χ0n) is 44.5. The highest BCUT2D eigenvalue weighted by Crippen LogP contribution is 2.52. The lowest BCUT2D eigenvalue weighted by molar-refractivity contribution is 1.26. The van der Waals surface area contributed by atoms with E-state index in [-0.39, 0.29) is 0 Å². The van der Waals surface area contributed by atoms with Gasteiger partial charge in [-0.05, 0) is 177 Å². The number of fused-ring (bicyclic) bond motifs is 2. The minimum absolute atomic E-state index is 1.15. The summed E-state index contributed by atoms with van der Waals surface area (Å²) in [4.78, 5) is 5.08. The van der Waals surface area contributed by atoms with Gasteiger partial charge in [-0.2, -0.15) is 0 Å². The van der Waals surface area contributed by atoms with Gasteiger partial charge in [0.15, 0.2) is 0 Å². The third kappa shape index (κ3) is 8.46. The van der Waals surface area contributed by atoms with Gasteiger partial charge in [0, 0.05) is 44.3 Å². The molecule has 12 aromatic rings. The van der Waals surface area contributed by atoms with Gasteiger partial charge in [-0.1, -0.05) is 183 Å². The number of benzene rings is 12. The maximum absolute atomic E-state index is 2.54. The Kier molecular flexibility index (Phi) is 11.5. The molecular formula is C70H64N2Si2. The lowest BCUT2D eigenvalue weighted by Crippen LogP contribution is -2.37. The first-order chi connectivity index (χ1) is 35.6. The zero-order chi connectivity index (χ0) is 51.2. The molecule has 0 unspecified atom stereocenters. The van der Waals surface area contributed by atoms with Crippen molar-refractivity contribution in [3.63, 3.8) is 0 Å². The number of hydrogen-bond donors (Lipinski definition) is 0. The molecule has 74 heavy (non-hydrogen) atoms. The molecule has 0 aliphatic rings. The molecule has 0 aliphatic carbocycles. The van der Waals surface area contributed by atoms with E-state index in [9.17, 15) is 0 Å². The van der Waals surface area contributed by atoms with Crippen LogP contribution in [0.15, 0.2) is 206 Å². The highest BCUT2D eigenvalue weighted by atomic mass is 28.3. The third-order valence-electron chi connectivity index (χ3n) is 15.4. The predicted molar refractivity (Wildman–Crippen MR) is 330 cm³/mol. The van der Waals surface area contributed by atoms with E-state index in [1.165, 1.54) is 109 Å². The van der Waals surface area contributed by atoms with E-state index in [0.29, 0.717) is 0 Å². The SMILES string of the molecule is Cc1cc(C)cc(N(c2ccc([Si](C)(C)C)cc2)c2cc(-c3ccc4ccccc4c3)c3ccc4c(N(c5ccc([Si](C)(C)C)cc5)c5cc(C)cc(C)c5)cc(-c5ccc6ccccc6c5)c5ccc2c3c54)c1. The van der Waals surface area contributed by atoms with Crippen LogP contribution in [0.4, 0.5) is 34.1 Å². The summed E-state index contributed by atoms with van der Waals surface area (Å²) < 4.78 is 0. The molecule has 12 rings (SSSR count). The van der Waals surface area contributed by atoms with Crippen LogP contribution in [0.1, 0.15) is 22.3 Å². The summed E-state index contributed by atoms with van der Waals surface area (Å²) in [7, 11) is -3.17. The molecule has 0 saturated heterocycles. The summed E-state index contributed by atoms with van der Waals surface area (Å²) in [6.45, 7) is 23.5. The molecule has 0 fully saturated rings. The van der Waals surface area contributed by atoms with E-state index in [1.807, 2.05) is 0 Å². The Labute approximate surface area is 439 Å². The smallest absolute Gasteiger partial charge is 0.0775 e. The van der Waals surface area contributed by atoms with E-state index < -0.39 is 16.1 Å². The van der Waals surface area contributed by atoms with E-state index in [2.05, 4.69) is 283 Å². The fraction of sp³-hybridized carbons (Fsp3) is 0.143. The number of aryl methyl sites for hydroxylation is 4. The first kappa shape index (κ1) is 47.3. The average molecular weight is 989 g/mol. The highest BCUT2D eigenvalue weighted by Gasteiger charge is 2.27. The molecule has 0 spiro atoms. The van der Waals surface area contributed by atoms with E-state index in [4.69, 9.17) is 0 Å². The Hall–Kier alpha value is -7.77. The summed E-state index contributed by atoms with van der Waals surface area (Å²) in [6, 6.07) is 79.3. The second-order valence-electron chi connectivity index (χ2n) is 23.0. The Morgan fingerprint density at radius 1 is 0.284 bits per heavy atom. The van der Waals surface area contributed by atoms with Crippen LogP contribution >= 0.6 is 0 Å². The molecule has 362 valence electrons. The largest absolute Gasteiger partial charge is 0.310 e. The van der Waals surface area contributed by atoms with Crippen molar-refractivity contribution in [1.29, 1.82) is 0 Å². The molecule has 0 bridgehead atoms. The van der Waals surface area contributed by atoms with Crippen LogP contribution in [0, 0.1) is 27.7 Å². The Bertz CT molecular complexity index is 3830. The van der Waals surface area contributed by atoms with Crippen molar-refractivity contribution in [3.05, 3.63) is 229 Å². The maximum atomic E-state index is 2.54. The summed E-state index contributed by atoms with van der Waals surface area (Å²) in [5.74, 6) is 0. The van der Waals surface area contributed by atoms with Crippen molar-refractivity contribution in [1.82, 2.24) is 0 Å². The fourth-order valence-electron chi connectivity index (χ4n) is 11.8. The lowest BCUT2D eigenvalue weighted by Gasteiger charge is -2.32. The number of anilines is 6. The lowest BCUT2D eigenvalue weighted by atomic mass is 9.84. The number of rotatable bonds is 10. The minimum Gasteiger partial charge on any atom is -0.310 e. The normalized spacial score (nSPS) is 12.2. The minimum atomic E-state index is -1.58. The van der Waals surface area contributed by atoms with Crippen LogP contribution < -0.4 is 20.2 Å². The quantitative estimate of drug-likeness (QED) is 0.0995. The van der Waals surface area contributed by atoms with Crippen LogP contribution in [0.3, 0.4) is 0 Å². The van der Waals surface area contributed by atoms with Crippen molar-refractivity contribution in [2.75, 3.05) is 9.80 Å². The highest BCUT2D eigenvalue weighted by molar-refractivity contribution is 6.89. The molecule has 12 aromatic carbocycles. The second-order valence-corrected chi connectivity index (χ2v) is 33.2. The topological polar surface area (TPSA) is 6.48 Å². The third-order valence-corrected chi connectivity index (χ3v) is 19.5. The molecule has 0 radical (unpaired) electrons. The average Bonchev–Trinajstić information content (AvgIpc) is 3.39. The molecule has 0 heterocycles. The fourth-order valence-corrected chi connectivity index (χ4v) is 14.1. The van der Waals surface area contributed by atoms with Gasteiger partial charge in [0.25, 0.3) is 0 Å². The van der Waals surface area contributed by atoms with Crippen LogP contribution in [0.25, 0.3) is 76.1 Å². The molecule has 0 aliphatic heterocycles. The predicted octanol–water partition coefficient (Wildman–Crippen LogP) is 19.5. The van der Waals surface area contributed by atoms with Gasteiger partial charge in [0.05, 0.1) is 27.5 Å². The monoisotopic (exact) mass is 988 g/mol. The van der Waals surface area contributed by atoms with Crippen LogP contribution in [0.2, 0.25) is 39.3 Å². The van der Waals surface area contributed by atoms with Gasteiger partial charge >= 0.3 is 0 Å². The van der Waals surface area contributed by atoms with Crippen molar-refractivity contribution in [2.24, 2.45) is 0 Å². The van der Waals surface area contributed by atoms with E-state index in [0.717, 1.165) is 34.1 Å². The molecule has 4 heteroatoms. The van der Waals surface area contributed by atoms with E-state index in [1.54, 1.807) is 0 Å². The Morgan fingerprint density at radius 2 is 0.622 bits per heavy atom. The second kappa shape index (κ2) is 18.0. The molecular weight excluding hydrogens is 925 g/mol. The van der Waals surface area contributed by atoms with Crippen molar-refractivity contribution in [3.8, 4) is 22.3 Å². The zero-order valence-corrected chi connectivity index (χ0v) is 46.5. The van der Waals surface area contributed by atoms with Gasteiger partial charge in [-0.15, -0.1) is 0 Å². The van der Waals surface area contributed by atoms with Gasteiger partial charge in [0.2, 0.25) is 0 Å².